The number of anilines is 1. The molecule has 3 rings (SSSR count). The number of aryl methyl sites for hydroxylation is 1. The van der Waals surface area contributed by atoms with E-state index in [0.717, 1.165) is 36.9 Å². The molecule has 2 aliphatic heterocycles. The number of nitrogens with zero attached hydrogens (tertiary/aromatic N) is 2. The van der Waals surface area contributed by atoms with E-state index in [9.17, 15) is 9.59 Å². The van der Waals surface area contributed by atoms with Crippen molar-refractivity contribution in [1.29, 1.82) is 0 Å². The number of quaternary nitrogens is 1. The van der Waals surface area contributed by atoms with Gasteiger partial charge in [0.2, 0.25) is 5.91 Å². The van der Waals surface area contributed by atoms with E-state index in [1.54, 1.807) is 7.11 Å². The summed E-state index contributed by atoms with van der Waals surface area (Å²) < 4.78 is 4.99. The molecule has 2 amide bonds. The van der Waals surface area contributed by atoms with E-state index >= 15 is 0 Å². The summed E-state index contributed by atoms with van der Waals surface area (Å²) in [5.41, 5.74) is 2.35. The van der Waals surface area contributed by atoms with E-state index in [0.29, 0.717) is 19.6 Å². The largest absolute Gasteiger partial charge is 0.383 e. The van der Waals surface area contributed by atoms with E-state index in [1.807, 2.05) is 18.2 Å². The standard InChI is InChI=1S/C18H24ClN3O3/c1-13-3-4-14(19)11-15(13)20-5-7-21(8-6-20)16-12-17(23)22(18(16)24)9-10-25-2/h3-4,11,16H,5-10,12H2,1-2H3/p+1/t16-/m1/s1. The first-order valence-electron chi connectivity index (χ1n) is 8.70. The molecule has 2 saturated heterocycles. The first-order chi connectivity index (χ1) is 12.0. The van der Waals surface area contributed by atoms with Crippen molar-refractivity contribution in [2.45, 2.75) is 19.4 Å². The lowest BCUT2D eigenvalue weighted by atomic mass is 10.1. The van der Waals surface area contributed by atoms with Crippen LogP contribution in [0.5, 0.6) is 0 Å². The van der Waals surface area contributed by atoms with Gasteiger partial charge in [0.15, 0.2) is 6.04 Å². The van der Waals surface area contributed by atoms with E-state index in [4.69, 9.17) is 16.3 Å². The molecule has 2 fully saturated rings. The fraction of sp³-hybridized carbons (Fsp3) is 0.556. The van der Waals surface area contributed by atoms with Crippen LogP contribution in [0.4, 0.5) is 5.69 Å². The van der Waals surface area contributed by atoms with Crippen molar-refractivity contribution >= 4 is 29.1 Å². The molecular formula is C18H25ClN3O3+. The van der Waals surface area contributed by atoms with Crippen LogP contribution in [0.25, 0.3) is 0 Å². The summed E-state index contributed by atoms with van der Waals surface area (Å²) in [6.07, 6.45) is 0.314. The summed E-state index contributed by atoms with van der Waals surface area (Å²) in [6, 6.07) is 5.69. The summed E-state index contributed by atoms with van der Waals surface area (Å²) in [4.78, 5) is 29.6. The molecule has 1 N–H and O–H groups in total. The Morgan fingerprint density at radius 1 is 1.28 bits per heavy atom. The number of amides is 2. The minimum Gasteiger partial charge on any atom is -0.383 e. The molecule has 0 saturated carbocycles. The number of methoxy groups -OCH3 is 1. The van der Waals surface area contributed by atoms with Gasteiger partial charge in [0.25, 0.3) is 5.91 Å². The molecule has 0 bridgehead atoms. The number of piperazine rings is 1. The van der Waals surface area contributed by atoms with Gasteiger partial charge < -0.3 is 14.5 Å². The molecule has 136 valence electrons. The number of carbonyl (C=O) groups is 2. The molecule has 0 aliphatic carbocycles. The third-order valence-electron chi connectivity index (χ3n) is 5.17. The number of likely N-dealkylation sites (tertiary alicyclic amines) is 1. The zero-order chi connectivity index (χ0) is 18.0. The third-order valence-corrected chi connectivity index (χ3v) is 5.41. The average molecular weight is 367 g/mol. The second-order valence-corrected chi connectivity index (χ2v) is 7.15. The van der Waals surface area contributed by atoms with Crippen molar-refractivity contribution in [1.82, 2.24) is 4.90 Å². The van der Waals surface area contributed by atoms with Crippen LogP contribution < -0.4 is 9.80 Å². The minimum atomic E-state index is -0.244. The summed E-state index contributed by atoms with van der Waals surface area (Å²) in [5.74, 6) is -0.128. The highest BCUT2D eigenvalue weighted by atomic mass is 35.5. The number of benzene rings is 1. The molecule has 1 atom stereocenters. The second-order valence-electron chi connectivity index (χ2n) is 6.71. The van der Waals surface area contributed by atoms with Crippen molar-refractivity contribution in [3.63, 3.8) is 0 Å². The Morgan fingerprint density at radius 2 is 2.00 bits per heavy atom. The minimum absolute atomic E-state index is 0.0514. The van der Waals surface area contributed by atoms with Crippen LogP contribution in [0.2, 0.25) is 5.02 Å². The lowest BCUT2D eigenvalue weighted by Gasteiger charge is -2.36. The fourth-order valence-corrected chi connectivity index (χ4v) is 3.89. The van der Waals surface area contributed by atoms with E-state index in [1.165, 1.54) is 15.4 Å². The smallest absolute Gasteiger partial charge is 0.288 e. The Bertz CT molecular complexity index is 659. The zero-order valence-corrected chi connectivity index (χ0v) is 15.5. The SMILES string of the molecule is COCCN1C(=O)C[C@@H]([NH+]2CCN(c3cc(Cl)ccc3C)CC2)C1=O. The molecule has 0 aromatic heterocycles. The van der Waals surface area contributed by atoms with Crippen LogP contribution in [-0.4, -0.2) is 69.2 Å². The number of rotatable bonds is 5. The molecule has 0 radical (unpaired) electrons. The van der Waals surface area contributed by atoms with Gasteiger partial charge in [0.1, 0.15) is 0 Å². The van der Waals surface area contributed by atoms with Crippen LogP contribution in [0.1, 0.15) is 12.0 Å². The number of hydrogen-bond donors (Lipinski definition) is 1. The third kappa shape index (κ3) is 3.81. The molecule has 2 heterocycles. The van der Waals surface area contributed by atoms with E-state index in [-0.39, 0.29) is 17.9 Å². The fourth-order valence-electron chi connectivity index (χ4n) is 3.73. The molecule has 6 nitrogen and oxygen atoms in total. The van der Waals surface area contributed by atoms with Crippen LogP contribution in [0.3, 0.4) is 0 Å². The molecule has 1 aromatic rings. The molecule has 0 spiro atoms. The number of nitrogens with one attached hydrogen (secondary N) is 1. The van der Waals surface area contributed by atoms with E-state index in [2.05, 4.69) is 11.8 Å². The first kappa shape index (κ1) is 18.2. The highest BCUT2D eigenvalue weighted by molar-refractivity contribution is 6.30. The van der Waals surface area contributed by atoms with Gasteiger partial charge in [-0.3, -0.25) is 14.5 Å². The number of carbonyl (C=O) groups excluding carboxylic acids is 2. The lowest BCUT2D eigenvalue weighted by molar-refractivity contribution is -0.915. The van der Waals surface area contributed by atoms with Crippen LogP contribution >= 0.6 is 11.6 Å². The van der Waals surface area contributed by atoms with Crippen LogP contribution in [0, 0.1) is 6.92 Å². The highest BCUT2D eigenvalue weighted by Gasteiger charge is 2.45. The van der Waals surface area contributed by atoms with Crippen molar-refractivity contribution in [3.05, 3.63) is 28.8 Å². The molecular weight excluding hydrogens is 342 g/mol. The van der Waals surface area contributed by atoms with Gasteiger partial charge in [-0.2, -0.15) is 0 Å². The van der Waals surface area contributed by atoms with Gasteiger partial charge in [-0.25, -0.2) is 0 Å². The Hall–Kier alpha value is -1.63. The maximum Gasteiger partial charge on any atom is 0.288 e. The van der Waals surface area contributed by atoms with Gasteiger partial charge in [-0.15, -0.1) is 0 Å². The average Bonchev–Trinajstić information content (AvgIpc) is 2.89. The van der Waals surface area contributed by atoms with Gasteiger partial charge in [-0.05, 0) is 24.6 Å². The number of hydrogen-bond acceptors (Lipinski definition) is 4. The number of ether oxygens (including phenoxy) is 1. The predicted octanol–water partition coefficient (Wildman–Crippen LogP) is 0.127. The maximum absolute atomic E-state index is 12.6. The molecule has 2 aliphatic rings. The Labute approximate surface area is 153 Å². The molecule has 7 heteroatoms. The monoisotopic (exact) mass is 366 g/mol. The normalized spacial score (nSPS) is 22.1. The van der Waals surface area contributed by atoms with Crippen molar-refractivity contribution in [2.75, 3.05) is 51.3 Å². The molecule has 1 aromatic carbocycles. The lowest BCUT2D eigenvalue weighted by Crippen LogP contribution is -3.19. The Kier molecular flexibility index (Phi) is 5.61. The van der Waals surface area contributed by atoms with Crippen molar-refractivity contribution in [2.24, 2.45) is 0 Å². The first-order valence-corrected chi connectivity index (χ1v) is 9.08. The number of imide groups is 1. The summed E-state index contributed by atoms with van der Waals surface area (Å²) >= 11 is 6.13. The van der Waals surface area contributed by atoms with Crippen molar-refractivity contribution < 1.29 is 19.2 Å². The highest BCUT2D eigenvalue weighted by Crippen LogP contribution is 2.24. The molecule has 0 unspecified atom stereocenters. The van der Waals surface area contributed by atoms with Gasteiger partial charge in [0, 0.05) is 17.8 Å². The summed E-state index contributed by atoms with van der Waals surface area (Å²) in [5, 5.41) is 0.737. The van der Waals surface area contributed by atoms with Gasteiger partial charge >= 0.3 is 0 Å². The van der Waals surface area contributed by atoms with Gasteiger partial charge in [0.05, 0.1) is 45.8 Å². The van der Waals surface area contributed by atoms with Crippen LogP contribution in [-0.2, 0) is 14.3 Å². The van der Waals surface area contributed by atoms with Gasteiger partial charge in [-0.1, -0.05) is 17.7 Å². The second kappa shape index (κ2) is 7.72. The maximum atomic E-state index is 12.6. The van der Waals surface area contributed by atoms with E-state index < -0.39 is 0 Å². The number of halogens is 1. The molecule has 25 heavy (non-hydrogen) atoms. The van der Waals surface area contributed by atoms with Crippen LogP contribution in [0.15, 0.2) is 18.2 Å². The summed E-state index contributed by atoms with van der Waals surface area (Å²) in [7, 11) is 1.57. The Balaban J connectivity index is 1.62. The predicted molar refractivity (Wildman–Crippen MR) is 96.1 cm³/mol. The summed E-state index contributed by atoms with van der Waals surface area (Å²) in [6.45, 7) is 6.21. The van der Waals surface area contributed by atoms with Crippen molar-refractivity contribution in [3.8, 4) is 0 Å². The quantitative estimate of drug-likeness (QED) is 0.752. The zero-order valence-electron chi connectivity index (χ0n) is 14.8. The Morgan fingerprint density at radius 3 is 2.68 bits per heavy atom. The topological polar surface area (TPSA) is 54.3 Å².